The third-order valence-corrected chi connectivity index (χ3v) is 5.09. The molecular weight excluding hydrogens is 320 g/mol. The SMILES string of the molecule is N#CC(C#N)=C1c2ccccc2-c2cc3c(cc21)C(=O)c1ccccc1-3. The Kier molecular flexibility index (Phi) is 2.78. The van der Waals surface area contributed by atoms with Crippen molar-refractivity contribution in [3.63, 3.8) is 0 Å². The van der Waals surface area contributed by atoms with Gasteiger partial charge in [0.15, 0.2) is 5.78 Å². The van der Waals surface area contributed by atoms with E-state index < -0.39 is 0 Å². The van der Waals surface area contributed by atoms with Crippen molar-refractivity contribution in [1.82, 2.24) is 0 Å². The molecule has 0 heterocycles. The molecule has 3 heteroatoms. The highest BCUT2D eigenvalue weighted by atomic mass is 16.1. The lowest BCUT2D eigenvalue weighted by atomic mass is 9.95. The van der Waals surface area contributed by atoms with Crippen molar-refractivity contribution in [2.45, 2.75) is 0 Å². The van der Waals surface area contributed by atoms with Crippen LogP contribution in [0.25, 0.3) is 27.8 Å². The largest absolute Gasteiger partial charge is 0.289 e. The van der Waals surface area contributed by atoms with Crippen LogP contribution < -0.4 is 0 Å². The zero-order valence-electron chi connectivity index (χ0n) is 13.6. The smallest absolute Gasteiger partial charge is 0.194 e. The van der Waals surface area contributed by atoms with Crippen LogP contribution in [0.4, 0.5) is 0 Å². The number of rotatable bonds is 0. The summed E-state index contributed by atoms with van der Waals surface area (Å²) in [6.45, 7) is 0. The summed E-state index contributed by atoms with van der Waals surface area (Å²) in [7, 11) is 0. The van der Waals surface area contributed by atoms with Gasteiger partial charge in [-0.3, -0.25) is 4.79 Å². The minimum Gasteiger partial charge on any atom is -0.289 e. The molecule has 5 rings (SSSR count). The Hall–Kier alpha value is -3.95. The van der Waals surface area contributed by atoms with Gasteiger partial charge in [-0.2, -0.15) is 10.5 Å². The van der Waals surface area contributed by atoms with Gasteiger partial charge in [-0.1, -0.05) is 48.5 Å². The predicted molar refractivity (Wildman–Crippen MR) is 98.0 cm³/mol. The maximum absolute atomic E-state index is 12.8. The fourth-order valence-corrected chi connectivity index (χ4v) is 3.99. The highest BCUT2D eigenvalue weighted by molar-refractivity contribution is 6.23. The van der Waals surface area contributed by atoms with Crippen LogP contribution >= 0.6 is 0 Å². The van der Waals surface area contributed by atoms with E-state index in [4.69, 9.17) is 0 Å². The van der Waals surface area contributed by atoms with Crippen molar-refractivity contribution in [3.8, 4) is 34.4 Å². The lowest BCUT2D eigenvalue weighted by Gasteiger charge is -2.06. The minimum absolute atomic E-state index is 0.0100. The molecule has 0 aliphatic heterocycles. The third kappa shape index (κ3) is 1.67. The number of nitrogens with zero attached hydrogens (tertiary/aromatic N) is 2. The van der Waals surface area contributed by atoms with Crippen LogP contribution in [0.2, 0.25) is 0 Å². The minimum atomic E-state index is -0.0100. The van der Waals surface area contributed by atoms with E-state index in [-0.39, 0.29) is 11.4 Å². The van der Waals surface area contributed by atoms with Crippen LogP contribution in [-0.4, -0.2) is 5.78 Å². The number of ketones is 1. The molecule has 0 saturated carbocycles. The van der Waals surface area contributed by atoms with Gasteiger partial charge in [0, 0.05) is 16.7 Å². The summed E-state index contributed by atoms with van der Waals surface area (Å²) in [6, 6.07) is 23.2. The summed E-state index contributed by atoms with van der Waals surface area (Å²) >= 11 is 0. The maximum atomic E-state index is 12.8. The fourth-order valence-electron chi connectivity index (χ4n) is 3.99. The molecule has 2 aliphatic carbocycles. The Labute approximate surface area is 150 Å². The first-order valence-electron chi connectivity index (χ1n) is 8.21. The highest BCUT2D eigenvalue weighted by Gasteiger charge is 2.33. The van der Waals surface area contributed by atoms with E-state index in [0.29, 0.717) is 16.7 Å². The van der Waals surface area contributed by atoms with Crippen molar-refractivity contribution in [1.29, 1.82) is 10.5 Å². The van der Waals surface area contributed by atoms with Crippen molar-refractivity contribution in [2.75, 3.05) is 0 Å². The molecule has 0 unspecified atom stereocenters. The van der Waals surface area contributed by atoms with Gasteiger partial charge in [0.1, 0.15) is 17.7 Å². The van der Waals surface area contributed by atoms with Gasteiger partial charge in [0.2, 0.25) is 0 Å². The molecule has 3 aromatic carbocycles. The van der Waals surface area contributed by atoms with Crippen molar-refractivity contribution in [2.24, 2.45) is 0 Å². The number of carbonyl (C=O) groups excluding carboxylic acids is 1. The summed E-state index contributed by atoms with van der Waals surface area (Å²) in [5.41, 5.74) is 7.46. The lowest BCUT2D eigenvalue weighted by Crippen LogP contribution is -1.96. The number of allylic oxidation sites excluding steroid dienone is 1. The molecule has 2 aliphatic rings. The number of nitriles is 2. The maximum Gasteiger partial charge on any atom is 0.194 e. The summed E-state index contributed by atoms with van der Waals surface area (Å²) < 4.78 is 0. The van der Waals surface area contributed by atoms with E-state index >= 15 is 0 Å². The van der Waals surface area contributed by atoms with Gasteiger partial charge in [-0.25, -0.2) is 0 Å². The number of benzene rings is 3. The first kappa shape index (κ1) is 14.4. The second kappa shape index (κ2) is 5.02. The average Bonchev–Trinajstić information content (AvgIpc) is 3.15. The molecule has 0 saturated heterocycles. The van der Waals surface area contributed by atoms with E-state index in [1.54, 1.807) is 0 Å². The molecule has 3 nitrogen and oxygen atoms in total. The zero-order valence-corrected chi connectivity index (χ0v) is 13.6. The molecule has 0 radical (unpaired) electrons. The number of hydrogen-bond acceptors (Lipinski definition) is 3. The average molecular weight is 330 g/mol. The van der Waals surface area contributed by atoms with E-state index in [0.717, 1.165) is 33.4 Å². The fraction of sp³-hybridized carbons (Fsp3) is 0. The normalized spacial score (nSPS) is 12.5. The van der Waals surface area contributed by atoms with Crippen LogP contribution in [0.3, 0.4) is 0 Å². The standard InChI is InChI=1S/C23H10N2O/c24-11-13(12-25)22-16-7-3-1-5-14(16)18-9-19-15-6-2-4-8-17(15)23(26)21(19)10-20(18)22/h1-10H. The number of carbonyl (C=O) groups is 1. The predicted octanol–water partition coefficient (Wildman–Crippen LogP) is 4.73. The van der Waals surface area contributed by atoms with Crippen molar-refractivity contribution < 1.29 is 4.79 Å². The molecule has 3 aromatic rings. The molecule has 118 valence electrons. The highest BCUT2D eigenvalue weighted by Crippen LogP contribution is 2.49. The van der Waals surface area contributed by atoms with Crippen molar-refractivity contribution in [3.05, 3.63) is 88.5 Å². The monoisotopic (exact) mass is 330 g/mol. The molecule has 0 spiro atoms. The first-order valence-corrected chi connectivity index (χ1v) is 8.21. The first-order chi connectivity index (χ1) is 12.7. The summed E-state index contributed by atoms with van der Waals surface area (Å²) in [4.78, 5) is 12.8. The molecule has 0 fully saturated rings. The summed E-state index contributed by atoms with van der Waals surface area (Å²) in [5.74, 6) is -0.0100. The molecule has 0 atom stereocenters. The second-order valence-electron chi connectivity index (χ2n) is 6.34. The van der Waals surface area contributed by atoms with E-state index in [1.807, 2.05) is 72.8 Å². The van der Waals surface area contributed by atoms with E-state index in [2.05, 4.69) is 0 Å². The van der Waals surface area contributed by atoms with Gasteiger partial charge in [0.05, 0.1) is 0 Å². The van der Waals surface area contributed by atoms with Crippen LogP contribution in [0.15, 0.2) is 66.2 Å². The lowest BCUT2D eigenvalue weighted by molar-refractivity contribution is 0.104. The molecular formula is C23H10N2O. The van der Waals surface area contributed by atoms with Gasteiger partial charge in [-0.15, -0.1) is 0 Å². The van der Waals surface area contributed by atoms with Gasteiger partial charge in [-0.05, 0) is 45.5 Å². The molecule has 0 N–H and O–H groups in total. The summed E-state index contributed by atoms with van der Waals surface area (Å²) in [6.07, 6.45) is 0. The Morgan fingerprint density at radius 2 is 1.12 bits per heavy atom. The molecule has 0 aromatic heterocycles. The van der Waals surface area contributed by atoms with Crippen LogP contribution in [0.5, 0.6) is 0 Å². The quantitative estimate of drug-likeness (QED) is 0.386. The van der Waals surface area contributed by atoms with E-state index in [9.17, 15) is 15.3 Å². The molecule has 0 amide bonds. The third-order valence-electron chi connectivity index (χ3n) is 5.09. The van der Waals surface area contributed by atoms with Crippen LogP contribution in [-0.2, 0) is 0 Å². The Morgan fingerprint density at radius 3 is 1.77 bits per heavy atom. The Bertz CT molecular complexity index is 1250. The molecule has 26 heavy (non-hydrogen) atoms. The van der Waals surface area contributed by atoms with Crippen molar-refractivity contribution >= 4 is 11.4 Å². The second-order valence-corrected chi connectivity index (χ2v) is 6.34. The number of fused-ring (bicyclic) bond motifs is 6. The van der Waals surface area contributed by atoms with Gasteiger partial charge < -0.3 is 0 Å². The van der Waals surface area contributed by atoms with Crippen LogP contribution in [0.1, 0.15) is 27.0 Å². The van der Waals surface area contributed by atoms with Gasteiger partial charge in [0.25, 0.3) is 0 Å². The van der Waals surface area contributed by atoms with Gasteiger partial charge >= 0.3 is 0 Å². The topological polar surface area (TPSA) is 64.7 Å². The zero-order chi connectivity index (χ0) is 17.8. The number of hydrogen-bond donors (Lipinski definition) is 0. The molecule has 0 bridgehead atoms. The Morgan fingerprint density at radius 1 is 0.615 bits per heavy atom. The Balaban J connectivity index is 1.90. The van der Waals surface area contributed by atoms with Crippen LogP contribution in [0, 0.1) is 22.7 Å². The summed E-state index contributed by atoms with van der Waals surface area (Å²) in [5, 5.41) is 18.9. The van der Waals surface area contributed by atoms with E-state index in [1.165, 1.54) is 0 Å².